The van der Waals surface area contributed by atoms with E-state index in [9.17, 15) is 8.42 Å². The van der Waals surface area contributed by atoms with Gasteiger partial charge < -0.3 is 9.22 Å². The molecule has 144 valence electrons. The number of hydrogen-bond acceptors (Lipinski definition) is 3. The summed E-state index contributed by atoms with van der Waals surface area (Å²) in [5.74, 6) is 2.72. The van der Waals surface area contributed by atoms with Gasteiger partial charge in [-0.05, 0) is 23.6 Å². The lowest BCUT2D eigenvalue weighted by atomic mass is 10.0. The van der Waals surface area contributed by atoms with Crippen molar-refractivity contribution in [1.82, 2.24) is 0 Å². The van der Waals surface area contributed by atoms with Gasteiger partial charge in [0.1, 0.15) is 19.2 Å². The number of sulfonamides is 1. The Morgan fingerprint density at radius 3 is 2.48 bits per heavy atom. The van der Waals surface area contributed by atoms with Crippen LogP contribution < -0.4 is 4.72 Å². The Kier molecular flexibility index (Phi) is 7.03. The van der Waals surface area contributed by atoms with Crippen LogP contribution in [-0.2, 0) is 21.4 Å². The largest absolute Gasteiger partial charge is 0.370 e. The number of nitrogens with one attached hydrogen (secondary N) is 1. The summed E-state index contributed by atoms with van der Waals surface area (Å²) in [4.78, 5) is 0. The van der Waals surface area contributed by atoms with Gasteiger partial charge in [-0.25, -0.2) is 8.42 Å². The quantitative estimate of drug-likeness (QED) is 0.532. The lowest BCUT2D eigenvalue weighted by Gasteiger charge is -2.36. The SMILES string of the molecule is C#CC[N+](C)(C)C(COCc1ccccc1)c1cccc(NS(C)(=O)=O)c1. The second kappa shape index (κ2) is 9.05. The van der Waals surface area contributed by atoms with E-state index in [1.54, 1.807) is 6.07 Å². The highest BCUT2D eigenvalue weighted by molar-refractivity contribution is 7.92. The van der Waals surface area contributed by atoms with Gasteiger partial charge >= 0.3 is 0 Å². The van der Waals surface area contributed by atoms with Gasteiger partial charge in [-0.2, -0.15) is 0 Å². The molecule has 0 radical (unpaired) electrons. The molecule has 0 aliphatic heterocycles. The highest BCUT2D eigenvalue weighted by atomic mass is 32.2. The molecule has 0 aliphatic carbocycles. The zero-order chi connectivity index (χ0) is 19.9. The van der Waals surface area contributed by atoms with Gasteiger partial charge in [-0.1, -0.05) is 42.5 Å². The average Bonchev–Trinajstić information content (AvgIpc) is 2.58. The maximum absolute atomic E-state index is 11.5. The standard InChI is InChI=1S/C21H27N2O3S/c1-5-14-23(2,3)21(17-26-16-18-10-7-6-8-11-18)19-12-9-13-20(15-19)22-27(4,24)25/h1,6-13,15,21-22H,14,16-17H2,2-4H3/q+1. The van der Waals surface area contributed by atoms with Crippen LogP contribution in [0.2, 0.25) is 0 Å². The van der Waals surface area contributed by atoms with E-state index < -0.39 is 10.0 Å². The maximum Gasteiger partial charge on any atom is 0.229 e. The number of anilines is 1. The third kappa shape index (κ3) is 6.72. The Hall–Kier alpha value is -2.33. The Labute approximate surface area is 162 Å². The number of quaternary nitrogens is 1. The number of likely N-dealkylation sites (N-methyl/N-ethyl adjacent to an activating group) is 1. The molecule has 1 atom stereocenters. The monoisotopic (exact) mass is 387 g/mol. The number of terminal acetylenes is 1. The summed E-state index contributed by atoms with van der Waals surface area (Å²) < 4.78 is 32.1. The van der Waals surface area contributed by atoms with Crippen molar-refractivity contribution in [2.24, 2.45) is 0 Å². The first kappa shape index (κ1) is 21.0. The number of rotatable bonds is 9. The molecule has 1 N–H and O–H groups in total. The minimum atomic E-state index is -3.34. The van der Waals surface area contributed by atoms with Gasteiger partial charge in [0.25, 0.3) is 0 Å². The fourth-order valence-corrected chi connectivity index (χ4v) is 3.49. The van der Waals surface area contributed by atoms with Crippen molar-refractivity contribution in [3.05, 3.63) is 65.7 Å². The topological polar surface area (TPSA) is 55.4 Å². The molecule has 0 bridgehead atoms. The summed E-state index contributed by atoms with van der Waals surface area (Å²) in [5, 5.41) is 0. The van der Waals surface area contributed by atoms with E-state index in [4.69, 9.17) is 11.2 Å². The average molecular weight is 388 g/mol. The molecule has 0 saturated carbocycles. The van der Waals surface area contributed by atoms with Gasteiger partial charge in [0, 0.05) is 11.3 Å². The van der Waals surface area contributed by atoms with Crippen molar-refractivity contribution in [3.63, 3.8) is 0 Å². The van der Waals surface area contributed by atoms with E-state index in [-0.39, 0.29) is 6.04 Å². The first-order valence-electron chi connectivity index (χ1n) is 8.67. The van der Waals surface area contributed by atoms with E-state index >= 15 is 0 Å². The molecule has 0 amide bonds. The van der Waals surface area contributed by atoms with E-state index in [0.717, 1.165) is 17.4 Å². The molecular formula is C21H27N2O3S+. The molecule has 5 nitrogen and oxygen atoms in total. The summed E-state index contributed by atoms with van der Waals surface area (Å²) in [6.07, 6.45) is 6.70. The number of ether oxygens (including phenoxy) is 1. The van der Waals surface area contributed by atoms with Crippen molar-refractivity contribution in [1.29, 1.82) is 0 Å². The minimum absolute atomic E-state index is 0.0360. The van der Waals surface area contributed by atoms with Crippen molar-refractivity contribution in [3.8, 4) is 12.3 Å². The zero-order valence-corrected chi connectivity index (χ0v) is 16.9. The fourth-order valence-electron chi connectivity index (χ4n) is 2.93. The number of nitrogens with zero attached hydrogens (tertiary/aromatic N) is 1. The van der Waals surface area contributed by atoms with E-state index in [1.807, 2.05) is 62.6 Å². The number of benzene rings is 2. The fraction of sp³-hybridized carbons (Fsp3) is 0.333. The molecule has 0 saturated heterocycles. The molecule has 2 rings (SSSR count). The van der Waals surface area contributed by atoms with Crippen LogP contribution in [0.15, 0.2) is 54.6 Å². The Bertz CT molecular complexity index is 887. The molecule has 2 aromatic carbocycles. The molecule has 0 fully saturated rings. The van der Waals surface area contributed by atoms with Crippen molar-refractivity contribution < 1.29 is 17.6 Å². The third-order valence-corrected chi connectivity index (χ3v) is 4.91. The molecule has 0 aromatic heterocycles. The van der Waals surface area contributed by atoms with Gasteiger partial charge in [0.05, 0.1) is 27.0 Å². The first-order valence-corrected chi connectivity index (χ1v) is 10.6. The van der Waals surface area contributed by atoms with E-state index in [1.165, 1.54) is 0 Å². The van der Waals surface area contributed by atoms with Gasteiger partial charge in [0.15, 0.2) is 0 Å². The lowest BCUT2D eigenvalue weighted by Crippen LogP contribution is -2.45. The zero-order valence-electron chi connectivity index (χ0n) is 16.1. The van der Waals surface area contributed by atoms with Crippen LogP contribution in [0.1, 0.15) is 17.2 Å². The smallest absolute Gasteiger partial charge is 0.229 e. The molecule has 1 unspecified atom stereocenters. The van der Waals surface area contributed by atoms with Gasteiger partial charge in [0.2, 0.25) is 10.0 Å². The normalized spacial score (nSPS) is 13.0. The predicted octanol–water partition coefficient (Wildman–Crippen LogP) is 3.03. The predicted molar refractivity (Wildman–Crippen MR) is 110 cm³/mol. The Morgan fingerprint density at radius 2 is 1.85 bits per heavy atom. The lowest BCUT2D eigenvalue weighted by molar-refractivity contribution is -0.915. The third-order valence-electron chi connectivity index (χ3n) is 4.30. The Balaban J connectivity index is 2.22. The first-order chi connectivity index (χ1) is 12.7. The molecule has 6 heteroatoms. The van der Waals surface area contributed by atoms with Crippen LogP contribution in [0.25, 0.3) is 0 Å². The molecule has 0 heterocycles. The maximum atomic E-state index is 11.5. The summed E-state index contributed by atoms with van der Waals surface area (Å²) in [5.41, 5.74) is 2.60. The van der Waals surface area contributed by atoms with Gasteiger partial charge in [-0.3, -0.25) is 4.72 Å². The summed E-state index contributed by atoms with van der Waals surface area (Å²) in [7, 11) is 0.760. The summed E-state index contributed by atoms with van der Waals surface area (Å²) >= 11 is 0. The molecule has 0 aliphatic rings. The molecule has 2 aromatic rings. The summed E-state index contributed by atoms with van der Waals surface area (Å²) in [6.45, 7) is 1.50. The highest BCUT2D eigenvalue weighted by Crippen LogP contribution is 2.28. The van der Waals surface area contributed by atoms with Crippen LogP contribution in [-0.4, -0.2) is 46.4 Å². The van der Waals surface area contributed by atoms with Crippen molar-refractivity contribution >= 4 is 15.7 Å². The molecule has 27 heavy (non-hydrogen) atoms. The Morgan fingerprint density at radius 1 is 1.15 bits per heavy atom. The number of hydrogen-bond donors (Lipinski definition) is 1. The van der Waals surface area contributed by atoms with Crippen molar-refractivity contribution in [2.45, 2.75) is 12.6 Å². The van der Waals surface area contributed by atoms with E-state index in [0.29, 0.717) is 29.9 Å². The molecular weight excluding hydrogens is 360 g/mol. The van der Waals surface area contributed by atoms with Crippen LogP contribution >= 0.6 is 0 Å². The summed E-state index contributed by atoms with van der Waals surface area (Å²) in [6, 6.07) is 17.3. The van der Waals surface area contributed by atoms with E-state index in [2.05, 4.69) is 10.6 Å². The highest BCUT2D eigenvalue weighted by Gasteiger charge is 2.30. The van der Waals surface area contributed by atoms with Crippen LogP contribution in [0.4, 0.5) is 5.69 Å². The minimum Gasteiger partial charge on any atom is -0.370 e. The van der Waals surface area contributed by atoms with Crippen LogP contribution in [0.5, 0.6) is 0 Å². The second-order valence-corrected chi connectivity index (χ2v) is 8.91. The van der Waals surface area contributed by atoms with Crippen LogP contribution in [0.3, 0.4) is 0 Å². The second-order valence-electron chi connectivity index (χ2n) is 7.16. The van der Waals surface area contributed by atoms with Gasteiger partial charge in [-0.15, -0.1) is 6.42 Å². The van der Waals surface area contributed by atoms with Crippen LogP contribution in [0, 0.1) is 12.3 Å². The van der Waals surface area contributed by atoms with Crippen molar-refractivity contribution in [2.75, 3.05) is 38.2 Å². The molecule has 0 spiro atoms.